The Morgan fingerprint density at radius 3 is 2.79 bits per heavy atom. The molecule has 0 spiro atoms. The number of thiophene rings is 1. The Hall–Kier alpha value is -2.53. The summed E-state index contributed by atoms with van der Waals surface area (Å²) in [5.74, 6) is -2.14. The van der Waals surface area contributed by atoms with Gasteiger partial charge in [0.25, 0.3) is 17.6 Å². The summed E-state index contributed by atoms with van der Waals surface area (Å²) in [4.78, 5) is 28.0. The summed E-state index contributed by atoms with van der Waals surface area (Å²) >= 11 is 1.19. The topological polar surface area (TPSA) is 94.3 Å². The van der Waals surface area contributed by atoms with E-state index in [2.05, 4.69) is 15.5 Å². The van der Waals surface area contributed by atoms with E-state index in [1.165, 1.54) is 11.3 Å². The summed E-state index contributed by atoms with van der Waals surface area (Å²) in [5.41, 5.74) is 1.84. The molecule has 0 radical (unpaired) electrons. The average Bonchev–Trinajstić information content (AvgIpc) is 3.37. The van der Waals surface area contributed by atoms with Crippen LogP contribution in [0.3, 0.4) is 0 Å². The van der Waals surface area contributed by atoms with Crippen LogP contribution >= 0.6 is 11.3 Å². The van der Waals surface area contributed by atoms with E-state index in [4.69, 9.17) is 9.26 Å². The summed E-state index contributed by atoms with van der Waals surface area (Å²) < 4.78 is 48.9. The predicted molar refractivity (Wildman–Crippen MR) is 91.5 cm³/mol. The molecule has 0 saturated heterocycles. The number of rotatable bonds is 4. The maximum absolute atomic E-state index is 12.9. The first-order chi connectivity index (χ1) is 13.4. The number of nitrogens with zero attached hydrogens (tertiary/aromatic N) is 2. The van der Waals surface area contributed by atoms with Gasteiger partial charge in [-0.25, -0.2) is 0 Å². The highest BCUT2D eigenvalue weighted by Gasteiger charge is 2.38. The molecular formula is C17H14F3N3O4S. The van der Waals surface area contributed by atoms with Gasteiger partial charge in [-0.3, -0.25) is 9.59 Å². The summed E-state index contributed by atoms with van der Waals surface area (Å²) in [6.45, 7) is 0.677. The monoisotopic (exact) mass is 413 g/mol. The number of aldehydes is 1. The summed E-state index contributed by atoms with van der Waals surface area (Å²) in [6.07, 6.45) is -1.91. The van der Waals surface area contributed by atoms with Gasteiger partial charge in [-0.05, 0) is 31.2 Å². The van der Waals surface area contributed by atoms with Gasteiger partial charge in [0.15, 0.2) is 0 Å². The summed E-state index contributed by atoms with van der Waals surface area (Å²) in [5, 5.41) is 6.04. The molecular weight excluding hydrogens is 399 g/mol. The first kappa shape index (κ1) is 18.8. The first-order valence-electron chi connectivity index (χ1n) is 8.50. The highest BCUT2D eigenvalue weighted by Crippen LogP contribution is 2.43. The van der Waals surface area contributed by atoms with E-state index in [1.807, 2.05) is 0 Å². The van der Waals surface area contributed by atoms with E-state index < -0.39 is 17.9 Å². The number of anilines is 1. The molecule has 2 aromatic heterocycles. The number of fused-ring (bicyclic) bond motifs is 1. The molecule has 28 heavy (non-hydrogen) atoms. The van der Waals surface area contributed by atoms with Crippen molar-refractivity contribution in [2.24, 2.45) is 0 Å². The number of hydrogen-bond donors (Lipinski definition) is 1. The summed E-state index contributed by atoms with van der Waals surface area (Å²) in [7, 11) is 0. The van der Waals surface area contributed by atoms with Gasteiger partial charge in [0, 0.05) is 16.0 Å². The Balaban J connectivity index is 1.74. The smallest absolute Gasteiger partial charge is 0.376 e. The van der Waals surface area contributed by atoms with Crippen LogP contribution in [0.4, 0.5) is 18.2 Å². The van der Waals surface area contributed by atoms with Gasteiger partial charge in [0.05, 0.1) is 18.8 Å². The second-order valence-corrected chi connectivity index (χ2v) is 7.47. The highest BCUT2D eigenvalue weighted by atomic mass is 32.1. The second kappa shape index (κ2) is 7.13. The number of allylic oxidation sites excluding steroid dienone is 1. The van der Waals surface area contributed by atoms with E-state index in [9.17, 15) is 22.8 Å². The number of amides is 1. The minimum Gasteiger partial charge on any atom is -0.376 e. The van der Waals surface area contributed by atoms with E-state index >= 15 is 0 Å². The fraction of sp³-hybridized carbons (Fsp3) is 0.412. The number of halogens is 3. The van der Waals surface area contributed by atoms with Crippen LogP contribution in [0.15, 0.2) is 15.7 Å². The Morgan fingerprint density at radius 1 is 1.25 bits per heavy atom. The third-order valence-corrected chi connectivity index (χ3v) is 5.74. The molecule has 0 aromatic carbocycles. The van der Waals surface area contributed by atoms with Crippen LogP contribution in [0, 0.1) is 0 Å². The lowest BCUT2D eigenvalue weighted by Gasteiger charge is -2.12. The Kier molecular flexibility index (Phi) is 4.79. The lowest BCUT2D eigenvalue weighted by Crippen LogP contribution is -2.14. The number of carbonyl (C=O) groups is 2. The van der Waals surface area contributed by atoms with Crippen LogP contribution in [0.25, 0.3) is 11.5 Å². The minimum atomic E-state index is -4.74. The molecule has 0 saturated carbocycles. The quantitative estimate of drug-likeness (QED) is 0.771. The maximum atomic E-state index is 12.9. The fourth-order valence-corrected chi connectivity index (χ4v) is 4.49. The molecule has 3 heterocycles. The van der Waals surface area contributed by atoms with Crippen molar-refractivity contribution in [2.75, 3.05) is 11.9 Å². The summed E-state index contributed by atoms with van der Waals surface area (Å²) in [6, 6.07) is 0. The SMILES string of the molecule is O=CC1=C(C(=O)Nc2sc3c(c2-c2nc(C(F)(F)F)no2)CCOC3)CCC1. The van der Waals surface area contributed by atoms with E-state index in [1.54, 1.807) is 0 Å². The lowest BCUT2D eigenvalue weighted by atomic mass is 10.1. The van der Waals surface area contributed by atoms with Crippen LogP contribution in [0.1, 0.15) is 35.5 Å². The standard InChI is InChI=1S/C17H14F3N3O4S/c18-17(19,20)16-22-14(27-23-16)12-10-4-5-26-7-11(10)28-15(12)21-13(25)9-3-1-2-8(9)6-24/h6H,1-5,7H2,(H,21,25). The molecule has 148 valence electrons. The van der Waals surface area contributed by atoms with Crippen molar-refractivity contribution in [3.8, 4) is 11.5 Å². The van der Waals surface area contributed by atoms with Crippen molar-refractivity contribution in [1.29, 1.82) is 0 Å². The molecule has 1 N–H and O–H groups in total. The number of alkyl halides is 3. The normalized spacial score (nSPS) is 17.0. The maximum Gasteiger partial charge on any atom is 0.455 e. The molecule has 4 rings (SSSR count). The number of carbonyl (C=O) groups excluding carboxylic acids is 2. The second-order valence-electron chi connectivity index (χ2n) is 6.36. The Morgan fingerprint density at radius 2 is 2.07 bits per heavy atom. The first-order valence-corrected chi connectivity index (χ1v) is 9.32. The van der Waals surface area contributed by atoms with Gasteiger partial charge in [0.1, 0.15) is 11.3 Å². The van der Waals surface area contributed by atoms with E-state index in [0.717, 1.165) is 10.4 Å². The number of hydrogen-bond acceptors (Lipinski definition) is 7. The molecule has 1 amide bonds. The molecule has 0 unspecified atom stereocenters. The average molecular weight is 413 g/mol. The third kappa shape index (κ3) is 3.35. The zero-order valence-corrected chi connectivity index (χ0v) is 15.2. The molecule has 0 atom stereocenters. The van der Waals surface area contributed by atoms with Crippen molar-refractivity contribution >= 4 is 28.5 Å². The van der Waals surface area contributed by atoms with Gasteiger partial charge in [-0.15, -0.1) is 11.3 Å². The number of nitrogens with one attached hydrogen (secondary N) is 1. The van der Waals surface area contributed by atoms with Gasteiger partial charge >= 0.3 is 6.18 Å². The Labute approximate surface area is 160 Å². The van der Waals surface area contributed by atoms with Crippen LogP contribution in [0.5, 0.6) is 0 Å². The van der Waals surface area contributed by atoms with Crippen molar-refractivity contribution in [2.45, 2.75) is 38.5 Å². The van der Waals surface area contributed by atoms with Gasteiger partial charge in [0.2, 0.25) is 0 Å². The molecule has 2 aliphatic rings. The van der Waals surface area contributed by atoms with Crippen LogP contribution < -0.4 is 5.32 Å². The molecule has 7 nitrogen and oxygen atoms in total. The molecule has 11 heteroatoms. The van der Waals surface area contributed by atoms with Gasteiger partial charge in [-0.2, -0.15) is 18.2 Å². The van der Waals surface area contributed by atoms with Crippen molar-refractivity contribution in [3.63, 3.8) is 0 Å². The fourth-order valence-electron chi connectivity index (χ4n) is 3.32. The van der Waals surface area contributed by atoms with Crippen molar-refractivity contribution in [1.82, 2.24) is 10.1 Å². The largest absolute Gasteiger partial charge is 0.455 e. The van der Waals surface area contributed by atoms with Gasteiger partial charge in [-0.1, -0.05) is 5.16 Å². The zero-order valence-electron chi connectivity index (χ0n) is 14.4. The molecule has 1 aliphatic heterocycles. The predicted octanol–water partition coefficient (Wildman–Crippen LogP) is 3.51. The lowest BCUT2D eigenvalue weighted by molar-refractivity contribution is -0.146. The van der Waals surface area contributed by atoms with E-state index in [0.29, 0.717) is 54.7 Å². The van der Waals surface area contributed by atoms with Crippen LogP contribution in [-0.2, 0) is 33.5 Å². The third-order valence-electron chi connectivity index (χ3n) is 4.62. The number of aromatic nitrogens is 2. The van der Waals surface area contributed by atoms with Gasteiger partial charge < -0.3 is 14.6 Å². The minimum absolute atomic E-state index is 0.283. The molecule has 0 bridgehead atoms. The number of ether oxygens (including phenoxy) is 1. The molecule has 1 aliphatic carbocycles. The van der Waals surface area contributed by atoms with Crippen LogP contribution in [0.2, 0.25) is 0 Å². The molecule has 2 aromatic rings. The van der Waals surface area contributed by atoms with Crippen LogP contribution in [-0.4, -0.2) is 28.9 Å². The van der Waals surface area contributed by atoms with E-state index in [-0.39, 0.29) is 18.1 Å². The van der Waals surface area contributed by atoms with Crippen molar-refractivity contribution in [3.05, 3.63) is 27.4 Å². The Bertz CT molecular complexity index is 977. The zero-order chi connectivity index (χ0) is 19.9. The molecule has 0 fully saturated rings. The highest BCUT2D eigenvalue weighted by molar-refractivity contribution is 7.17. The van der Waals surface area contributed by atoms with Crippen molar-refractivity contribution < 1.29 is 32.0 Å².